The quantitative estimate of drug-likeness (QED) is 0.464. The molecule has 0 bridgehead atoms. The zero-order valence-corrected chi connectivity index (χ0v) is 8.81. The molecular weight excluding hydrogens is 228 g/mol. The van der Waals surface area contributed by atoms with Gasteiger partial charge in [0.15, 0.2) is 6.29 Å². The van der Waals surface area contributed by atoms with Gasteiger partial charge in [-0.15, -0.1) is 0 Å². The molecule has 2 aromatic rings. The number of aldehydes is 1. The number of carbonyl (C=O) groups excluding carboxylic acids is 1. The van der Waals surface area contributed by atoms with E-state index in [0.717, 1.165) is 11.3 Å². The van der Waals surface area contributed by atoms with Crippen molar-refractivity contribution < 1.29 is 9.72 Å². The van der Waals surface area contributed by atoms with E-state index in [1.54, 1.807) is 12.1 Å². The van der Waals surface area contributed by atoms with E-state index in [-0.39, 0.29) is 5.00 Å². The summed E-state index contributed by atoms with van der Waals surface area (Å²) in [5.74, 6) is 0. The van der Waals surface area contributed by atoms with Crippen LogP contribution in [0, 0.1) is 10.1 Å². The molecule has 0 amide bonds. The van der Waals surface area contributed by atoms with Crippen LogP contribution in [0.2, 0.25) is 0 Å². The van der Waals surface area contributed by atoms with Crippen molar-refractivity contribution in [2.75, 3.05) is 0 Å². The highest BCUT2D eigenvalue weighted by Gasteiger charge is 2.13. The molecule has 0 aliphatic carbocycles. The van der Waals surface area contributed by atoms with Gasteiger partial charge >= 0.3 is 5.00 Å². The standard InChI is InChI=1S/C10H6N2O3S/c13-6-7-3-4-11-5-8(7)9-1-2-10(16-9)12(14)15/h1-6H. The van der Waals surface area contributed by atoms with Crippen LogP contribution in [0.15, 0.2) is 30.6 Å². The number of carbonyl (C=O) groups is 1. The minimum Gasteiger partial charge on any atom is -0.298 e. The number of thiophene rings is 1. The predicted octanol–water partition coefficient (Wildman–Crippen LogP) is 2.53. The maximum Gasteiger partial charge on any atom is 0.324 e. The molecule has 0 aliphatic heterocycles. The van der Waals surface area contributed by atoms with Crippen molar-refractivity contribution in [2.24, 2.45) is 0 Å². The van der Waals surface area contributed by atoms with Gasteiger partial charge in [0.2, 0.25) is 0 Å². The highest BCUT2D eigenvalue weighted by Crippen LogP contribution is 2.33. The second kappa shape index (κ2) is 4.19. The molecule has 80 valence electrons. The predicted molar refractivity (Wildman–Crippen MR) is 59.6 cm³/mol. The normalized spacial score (nSPS) is 10.0. The van der Waals surface area contributed by atoms with Gasteiger partial charge in [0.25, 0.3) is 0 Å². The van der Waals surface area contributed by atoms with Gasteiger partial charge in [0.1, 0.15) is 0 Å². The number of rotatable bonds is 3. The highest BCUT2D eigenvalue weighted by molar-refractivity contribution is 7.18. The molecule has 0 fully saturated rings. The van der Waals surface area contributed by atoms with Gasteiger partial charge in [-0.2, -0.15) is 0 Å². The molecule has 0 aromatic carbocycles. The molecule has 0 saturated carbocycles. The van der Waals surface area contributed by atoms with E-state index >= 15 is 0 Å². The molecule has 0 N–H and O–H groups in total. The maximum atomic E-state index is 10.8. The molecule has 0 radical (unpaired) electrons. The minimum atomic E-state index is -0.453. The number of nitro groups is 1. The molecule has 2 rings (SSSR count). The van der Waals surface area contributed by atoms with E-state index in [4.69, 9.17) is 0 Å². The largest absolute Gasteiger partial charge is 0.324 e. The molecule has 0 saturated heterocycles. The molecule has 16 heavy (non-hydrogen) atoms. The van der Waals surface area contributed by atoms with E-state index in [2.05, 4.69) is 4.98 Å². The van der Waals surface area contributed by atoms with Crippen LogP contribution in [-0.2, 0) is 0 Å². The Morgan fingerprint density at radius 2 is 2.19 bits per heavy atom. The van der Waals surface area contributed by atoms with Crippen molar-refractivity contribution in [2.45, 2.75) is 0 Å². The number of pyridine rings is 1. The highest BCUT2D eigenvalue weighted by atomic mass is 32.1. The van der Waals surface area contributed by atoms with Crippen LogP contribution in [-0.4, -0.2) is 16.2 Å². The Bertz CT molecular complexity index is 551. The third-order valence-electron chi connectivity index (χ3n) is 2.02. The summed E-state index contributed by atoms with van der Waals surface area (Å²) >= 11 is 1.03. The van der Waals surface area contributed by atoms with Crippen molar-refractivity contribution in [3.63, 3.8) is 0 Å². The van der Waals surface area contributed by atoms with Crippen LogP contribution in [0.1, 0.15) is 10.4 Å². The first kappa shape index (κ1) is 10.4. The SMILES string of the molecule is O=Cc1ccncc1-c1ccc([N+](=O)[O-])s1. The molecular formula is C10H6N2O3S. The number of aromatic nitrogens is 1. The summed E-state index contributed by atoms with van der Waals surface area (Å²) in [5, 5.41) is 10.6. The summed E-state index contributed by atoms with van der Waals surface area (Å²) in [6.45, 7) is 0. The molecule has 2 heterocycles. The summed E-state index contributed by atoms with van der Waals surface area (Å²) in [4.78, 5) is 25.4. The Kier molecular flexibility index (Phi) is 2.74. The second-order valence-corrected chi connectivity index (χ2v) is 4.04. The third kappa shape index (κ3) is 1.82. The van der Waals surface area contributed by atoms with Crippen molar-refractivity contribution in [3.05, 3.63) is 46.3 Å². The summed E-state index contributed by atoms with van der Waals surface area (Å²) in [5.41, 5.74) is 1.10. The minimum absolute atomic E-state index is 0.0516. The van der Waals surface area contributed by atoms with E-state index in [9.17, 15) is 14.9 Å². The first-order chi connectivity index (χ1) is 7.72. The van der Waals surface area contributed by atoms with E-state index in [1.165, 1.54) is 18.5 Å². The van der Waals surface area contributed by atoms with E-state index in [1.807, 2.05) is 0 Å². The van der Waals surface area contributed by atoms with Gasteiger partial charge in [-0.1, -0.05) is 11.3 Å². The Labute approximate surface area is 94.5 Å². The lowest BCUT2D eigenvalue weighted by Gasteiger charge is -1.98. The second-order valence-electron chi connectivity index (χ2n) is 2.98. The summed E-state index contributed by atoms with van der Waals surface area (Å²) in [7, 11) is 0. The Balaban J connectivity index is 2.50. The summed E-state index contributed by atoms with van der Waals surface area (Å²) in [6, 6.07) is 4.61. The molecule has 5 nitrogen and oxygen atoms in total. The maximum absolute atomic E-state index is 10.8. The van der Waals surface area contributed by atoms with Crippen LogP contribution >= 0.6 is 11.3 Å². The van der Waals surface area contributed by atoms with Gasteiger partial charge in [-0.3, -0.25) is 19.9 Å². The molecule has 0 atom stereocenters. The summed E-state index contributed by atoms with van der Waals surface area (Å²) < 4.78 is 0. The fourth-order valence-corrected chi connectivity index (χ4v) is 2.14. The van der Waals surface area contributed by atoms with Gasteiger partial charge < -0.3 is 0 Å². The van der Waals surface area contributed by atoms with Crippen molar-refractivity contribution in [3.8, 4) is 10.4 Å². The average molecular weight is 234 g/mol. The number of nitrogens with zero attached hydrogens (tertiary/aromatic N) is 2. The van der Waals surface area contributed by atoms with Gasteiger partial charge in [-0.25, -0.2) is 0 Å². The molecule has 0 aliphatic rings. The first-order valence-electron chi connectivity index (χ1n) is 4.36. The molecule has 0 unspecified atom stereocenters. The zero-order valence-electron chi connectivity index (χ0n) is 7.99. The van der Waals surface area contributed by atoms with E-state index < -0.39 is 4.92 Å². The van der Waals surface area contributed by atoms with Crippen molar-refractivity contribution in [1.82, 2.24) is 4.98 Å². The van der Waals surface area contributed by atoms with Gasteiger partial charge in [0, 0.05) is 34.5 Å². The van der Waals surface area contributed by atoms with Crippen LogP contribution in [0.5, 0.6) is 0 Å². The van der Waals surface area contributed by atoms with Crippen molar-refractivity contribution >= 4 is 22.6 Å². The molecule has 0 spiro atoms. The van der Waals surface area contributed by atoms with Gasteiger partial charge in [-0.05, 0) is 12.1 Å². The Morgan fingerprint density at radius 1 is 1.38 bits per heavy atom. The van der Waals surface area contributed by atoms with Crippen LogP contribution < -0.4 is 0 Å². The fourth-order valence-electron chi connectivity index (χ4n) is 1.28. The lowest BCUT2D eigenvalue weighted by molar-refractivity contribution is -0.380. The zero-order chi connectivity index (χ0) is 11.5. The fraction of sp³-hybridized carbons (Fsp3) is 0. The van der Waals surface area contributed by atoms with E-state index in [0.29, 0.717) is 22.3 Å². The number of hydrogen-bond donors (Lipinski definition) is 0. The van der Waals surface area contributed by atoms with Crippen LogP contribution in [0.25, 0.3) is 10.4 Å². The third-order valence-corrected chi connectivity index (χ3v) is 3.09. The monoisotopic (exact) mass is 234 g/mol. The Hall–Kier alpha value is -2.08. The topological polar surface area (TPSA) is 73.1 Å². The van der Waals surface area contributed by atoms with Gasteiger partial charge in [0.05, 0.1) is 4.92 Å². The first-order valence-corrected chi connectivity index (χ1v) is 5.18. The van der Waals surface area contributed by atoms with Crippen molar-refractivity contribution in [1.29, 1.82) is 0 Å². The van der Waals surface area contributed by atoms with Crippen LogP contribution in [0.3, 0.4) is 0 Å². The van der Waals surface area contributed by atoms with Crippen LogP contribution in [0.4, 0.5) is 5.00 Å². The number of hydrogen-bond acceptors (Lipinski definition) is 5. The lowest BCUT2D eigenvalue weighted by atomic mass is 10.1. The smallest absolute Gasteiger partial charge is 0.298 e. The average Bonchev–Trinajstić information content (AvgIpc) is 2.78. The molecule has 2 aromatic heterocycles. The lowest BCUT2D eigenvalue weighted by Crippen LogP contribution is -1.86. The molecule has 6 heteroatoms. The summed E-state index contributed by atoms with van der Waals surface area (Å²) in [6.07, 6.45) is 3.75. The Morgan fingerprint density at radius 3 is 2.81 bits per heavy atom.